The van der Waals surface area contributed by atoms with Crippen molar-refractivity contribution in [3.63, 3.8) is 0 Å². The monoisotopic (exact) mass is 331 g/mol. The van der Waals surface area contributed by atoms with E-state index in [1.54, 1.807) is 0 Å². The van der Waals surface area contributed by atoms with E-state index in [-0.39, 0.29) is 23.5 Å². The molecule has 2 rings (SSSR count). The van der Waals surface area contributed by atoms with Crippen molar-refractivity contribution in [1.29, 1.82) is 0 Å². The highest BCUT2D eigenvalue weighted by atomic mass is 16.7. The van der Waals surface area contributed by atoms with E-state index in [1.165, 1.54) is 0 Å². The highest BCUT2D eigenvalue weighted by Gasteiger charge is 2.44. The molecule has 1 heterocycles. The van der Waals surface area contributed by atoms with E-state index in [4.69, 9.17) is 4.84 Å². The zero-order valence-corrected chi connectivity index (χ0v) is 15.5. The number of hydroxylamine groups is 2. The van der Waals surface area contributed by atoms with Crippen molar-refractivity contribution in [2.75, 3.05) is 0 Å². The Hall–Kier alpha value is -1.68. The average molecular weight is 331 g/mol. The number of nitrogens with zero attached hydrogens (tertiary/aromatic N) is 1. The number of hydrogen-bond acceptors (Lipinski definition) is 4. The highest BCUT2D eigenvalue weighted by molar-refractivity contribution is 5.78. The predicted octanol–water partition coefficient (Wildman–Crippen LogP) is 4.24. The van der Waals surface area contributed by atoms with Crippen LogP contribution in [0, 0.1) is 6.92 Å². The quantitative estimate of drug-likeness (QED) is 0.757. The van der Waals surface area contributed by atoms with Crippen molar-refractivity contribution >= 4 is 12.3 Å². The summed E-state index contributed by atoms with van der Waals surface area (Å²) in [7, 11) is 0. The molecule has 0 aromatic heterocycles. The van der Waals surface area contributed by atoms with Gasteiger partial charge in [-0.15, -0.1) is 5.06 Å². The minimum atomic E-state index is -0.240. The molecule has 1 saturated heterocycles. The fourth-order valence-corrected chi connectivity index (χ4v) is 3.66. The fraction of sp³-hybridized carbons (Fsp3) is 0.600. The Labute approximate surface area is 145 Å². The van der Waals surface area contributed by atoms with Crippen molar-refractivity contribution in [1.82, 2.24) is 5.06 Å². The Morgan fingerprint density at radius 1 is 1.21 bits per heavy atom. The Morgan fingerprint density at radius 3 is 2.42 bits per heavy atom. The molecule has 4 heteroatoms. The van der Waals surface area contributed by atoms with Gasteiger partial charge in [0, 0.05) is 5.56 Å². The lowest BCUT2D eigenvalue weighted by molar-refractivity contribution is -0.265. The maximum atomic E-state index is 12.4. The zero-order valence-electron chi connectivity index (χ0n) is 15.5. The third-order valence-corrected chi connectivity index (χ3v) is 4.90. The molecule has 0 bridgehead atoms. The van der Waals surface area contributed by atoms with Gasteiger partial charge >= 0.3 is 5.97 Å². The van der Waals surface area contributed by atoms with Crippen molar-refractivity contribution in [3.05, 3.63) is 34.9 Å². The van der Waals surface area contributed by atoms with Gasteiger partial charge in [-0.3, -0.25) is 9.59 Å². The fourth-order valence-electron chi connectivity index (χ4n) is 3.66. The second kappa shape index (κ2) is 7.06. The molecule has 0 unspecified atom stereocenters. The normalized spacial score (nSPS) is 19.7. The van der Waals surface area contributed by atoms with Gasteiger partial charge in [0.1, 0.15) is 6.29 Å². The number of hydrogen-bond donors (Lipinski definition) is 0. The van der Waals surface area contributed by atoms with Gasteiger partial charge in [-0.05, 0) is 71.9 Å². The molecule has 1 fully saturated rings. The Morgan fingerprint density at radius 2 is 1.83 bits per heavy atom. The first-order valence-electron chi connectivity index (χ1n) is 8.71. The molecular formula is C20H29NO3. The van der Waals surface area contributed by atoms with Gasteiger partial charge < -0.3 is 4.84 Å². The number of piperidine rings is 1. The van der Waals surface area contributed by atoms with Crippen LogP contribution in [0.4, 0.5) is 0 Å². The van der Waals surface area contributed by atoms with E-state index >= 15 is 0 Å². The summed E-state index contributed by atoms with van der Waals surface area (Å²) >= 11 is 0. The molecule has 0 spiro atoms. The summed E-state index contributed by atoms with van der Waals surface area (Å²) in [6.45, 7) is 10.4. The lowest BCUT2D eigenvalue weighted by Gasteiger charge is -2.50. The number of carbonyl (C=O) groups excluding carboxylic acids is 2. The van der Waals surface area contributed by atoms with E-state index in [0.29, 0.717) is 12.0 Å². The van der Waals surface area contributed by atoms with Crippen LogP contribution >= 0.6 is 0 Å². The van der Waals surface area contributed by atoms with Gasteiger partial charge in [0.2, 0.25) is 0 Å². The zero-order chi connectivity index (χ0) is 18.0. The number of carbonyl (C=O) groups is 2. The van der Waals surface area contributed by atoms with Crippen LogP contribution in [0.3, 0.4) is 0 Å². The standard InChI is InChI=1S/C20H29NO3/c1-15-7-8-16(17(13-15)14-22)9-10-18(23)24-21-19(2,3)11-6-12-20(21,4)5/h7-8,13-14H,6,9-12H2,1-5H3. The van der Waals surface area contributed by atoms with E-state index in [2.05, 4.69) is 27.7 Å². The molecule has 0 N–H and O–H groups in total. The summed E-state index contributed by atoms with van der Waals surface area (Å²) in [6.07, 6.45) is 4.80. The number of benzene rings is 1. The van der Waals surface area contributed by atoms with E-state index in [1.807, 2.05) is 30.2 Å². The summed E-state index contributed by atoms with van der Waals surface area (Å²) in [5, 5.41) is 1.88. The van der Waals surface area contributed by atoms with E-state index in [0.717, 1.165) is 36.7 Å². The Balaban J connectivity index is 2.01. The second-order valence-electron chi connectivity index (χ2n) is 8.06. The minimum Gasteiger partial charge on any atom is -0.367 e. The molecule has 1 aromatic rings. The van der Waals surface area contributed by atoms with Crippen LogP contribution < -0.4 is 0 Å². The number of aryl methyl sites for hydroxylation is 2. The summed E-state index contributed by atoms with van der Waals surface area (Å²) in [5.74, 6) is -0.240. The first-order valence-corrected chi connectivity index (χ1v) is 8.71. The largest absolute Gasteiger partial charge is 0.367 e. The van der Waals surface area contributed by atoms with Crippen LogP contribution in [-0.2, 0) is 16.1 Å². The van der Waals surface area contributed by atoms with Crippen LogP contribution in [0.1, 0.15) is 74.9 Å². The van der Waals surface area contributed by atoms with Crippen LogP contribution in [0.2, 0.25) is 0 Å². The van der Waals surface area contributed by atoms with Gasteiger partial charge in [0.15, 0.2) is 0 Å². The molecule has 0 amide bonds. The first-order chi connectivity index (χ1) is 11.2. The molecule has 132 valence electrons. The topological polar surface area (TPSA) is 46.6 Å². The average Bonchev–Trinajstić information content (AvgIpc) is 2.49. The Kier molecular flexibility index (Phi) is 5.49. The molecular weight excluding hydrogens is 302 g/mol. The molecule has 1 aliphatic heterocycles. The second-order valence-corrected chi connectivity index (χ2v) is 8.06. The third-order valence-electron chi connectivity index (χ3n) is 4.90. The van der Waals surface area contributed by atoms with Gasteiger partial charge in [-0.1, -0.05) is 17.7 Å². The van der Waals surface area contributed by atoms with Crippen molar-refractivity contribution < 1.29 is 14.4 Å². The lowest BCUT2D eigenvalue weighted by atomic mass is 9.82. The Bertz CT molecular complexity index is 603. The lowest BCUT2D eigenvalue weighted by Crippen LogP contribution is -2.58. The molecule has 1 aliphatic rings. The summed E-state index contributed by atoms with van der Waals surface area (Å²) in [4.78, 5) is 29.3. The maximum absolute atomic E-state index is 12.4. The predicted molar refractivity (Wildman–Crippen MR) is 94.8 cm³/mol. The maximum Gasteiger partial charge on any atom is 0.325 e. The van der Waals surface area contributed by atoms with Crippen molar-refractivity contribution in [3.8, 4) is 0 Å². The van der Waals surface area contributed by atoms with Crippen LogP contribution in [-0.4, -0.2) is 28.4 Å². The third kappa shape index (κ3) is 4.23. The number of aldehydes is 1. The molecule has 1 aromatic carbocycles. The first kappa shape index (κ1) is 18.7. The van der Waals surface area contributed by atoms with Gasteiger partial charge in [0.25, 0.3) is 0 Å². The van der Waals surface area contributed by atoms with E-state index in [9.17, 15) is 9.59 Å². The van der Waals surface area contributed by atoms with Crippen LogP contribution in [0.15, 0.2) is 18.2 Å². The number of rotatable bonds is 5. The van der Waals surface area contributed by atoms with Crippen molar-refractivity contribution in [2.45, 2.75) is 77.8 Å². The smallest absolute Gasteiger partial charge is 0.325 e. The summed E-state index contributed by atoms with van der Waals surface area (Å²) < 4.78 is 0. The van der Waals surface area contributed by atoms with Gasteiger partial charge in [-0.25, -0.2) is 0 Å². The van der Waals surface area contributed by atoms with Crippen LogP contribution in [0.25, 0.3) is 0 Å². The summed E-state index contributed by atoms with van der Waals surface area (Å²) in [6, 6.07) is 5.73. The van der Waals surface area contributed by atoms with E-state index < -0.39 is 0 Å². The SMILES string of the molecule is Cc1ccc(CCC(=O)ON2C(C)(C)CCCC2(C)C)c(C=O)c1. The van der Waals surface area contributed by atoms with Gasteiger partial charge in [0.05, 0.1) is 17.5 Å². The molecule has 0 radical (unpaired) electrons. The van der Waals surface area contributed by atoms with Crippen LogP contribution in [0.5, 0.6) is 0 Å². The summed E-state index contributed by atoms with van der Waals surface area (Å²) in [5.41, 5.74) is 2.27. The molecule has 24 heavy (non-hydrogen) atoms. The molecule has 0 aliphatic carbocycles. The van der Waals surface area contributed by atoms with Crippen molar-refractivity contribution in [2.24, 2.45) is 0 Å². The molecule has 0 atom stereocenters. The highest BCUT2D eigenvalue weighted by Crippen LogP contribution is 2.38. The van der Waals surface area contributed by atoms with Gasteiger partial charge in [-0.2, -0.15) is 0 Å². The molecule has 0 saturated carbocycles. The minimum absolute atomic E-state index is 0.158. The molecule has 4 nitrogen and oxygen atoms in total.